The molecule has 0 bridgehead atoms. The number of rotatable bonds is 7. The maximum Gasteiger partial charge on any atom is 0.251 e. The Hall–Kier alpha value is -2.90. The molecule has 0 unspecified atom stereocenters. The first kappa shape index (κ1) is 23.8. The van der Waals surface area contributed by atoms with Crippen LogP contribution in [-0.4, -0.2) is 78.6 Å². The topological polar surface area (TPSA) is 90.0 Å². The number of ketones is 1. The molecule has 0 radical (unpaired) electrons. The highest BCUT2D eigenvalue weighted by molar-refractivity contribution is 6.00. The maximum atomic E-state index is 13.5. The van der Waals surface area contributed by atoms with Crippen molar-refractivity contribution in [1.29, 1.82) is 0 Å². The summed E-state index contributed by atoms with van der Waals surface area (Å²) < 4.78 is 0. The molecule has 2 saturated heterocycles. The van der Waals surface area contributed by atoms with E-state index >= 15 is 0 Å². The molecule has 0 spiro atoms. The van der Waals surface area contributed by atoms with Crippen LogP contribution in [0.15, 0.2) is 24.3 Å². The quantitative estimate of drug-likeness (QED) is 0.694. The van der Waals surface area contributed by atoms with Crippen molar-refractivity contribution in [2.24, 2.45) is 5.92 Å². The maximum absolute atomic E-state index is 13.5. The monoisotopic (exact) mass is 442 g/mol. The first-order valence-electron chi connectivity index (χ1n) is 11.3. The van der Waals surface area contributed by atoms with Crippen LogP contribution in [0, 0.1) is 5.92 Å². The van der Waals surface area contributed by atoms with Crippen molar-refractivity contribution in [3.8, 4) is 0 Å². The summed E-state index contributed by atoms with van der Waals surface area (Å²) in [7, 11) is 3.85. The van der Waals surface area contributed by atoms with E-state index in [1.807, 2.05) is 45.0 Å². The molecule has 1 aromatic carbocycles. The predicted molar refractivity (Wildman–Crippen MR) is 122 cm³/mol. The summed E-state index contributed by atoms with van der Waals surface area (Å²) in [6.45, 7) is 6.23. The number of amides is 3. The molecule has 1 aromatic rings. The standard InChI is InChI=1S/C24H34N4O4/c1-6-21(30)28-14-20(29)22-19(28)11-12-27(22)24(32)18(13-15(2)3)25-23(31)16-7-9-17(10-8-16)26(4)5/h7-10,15,18-19,22H,6,11-14H2,1-5H3,(H,25,31)/t18-,19+,22-/m0/s1. The zero-order valence-corrected chi connectivity index (χ0v) is 19.6. The van der Waals surface area contributed by atoms with Crippen LogP contribution in [0.5, 0.6) is 0 Å². The van der Waals surface area contributed by atoms with Crippen LogP contribution < -0.4 is 10.2 Å². The second-order valence-corrected chi connectivity index (χ2v) is 9.27. The van der Waals surface area contributed by atoms with Gasteiger partial charge in [-0.05, 0) is 43.0 Å². The van der Waals surface area contributed by atoms with Gasteiger partial charge in [-0.1, -0.05) is 20.8 Å². The van der Waals surface area contributed by atoms with Crippen molar-refractivity contribution in [3.63, 3.8) is 0 Å². The fraction of sp³-hybridized carbons (Fsp3) is 0.583. The SMILES string of the molecule is CCC(=O)N1CC(=O)[C@@H]2[C@H]1CCN2C(=O)[C@H](CC(C)C)NC(=O)c1ccc(N(C)C)cc1. The summed E-state index contributed by atoms with van der Waals surface area (Å²) in [5, 5.41) is 2.89. The Labute approximate surface area is 189 Å². The molecule has 0 aromatic heterocycles. The summed E-state index contributed by atoms with van der Waals surface area (Å²) in [5.41, 5.74) is 1.46. The normalized spacial score (nSPS) is 21.0. The van der Waals surface area contributed by atoms with Gasteiger partial charge in [0.05, 0.1) is 12.6 Å². The van der Waals surface area contributed by atoms with E-state index in [1.54, 1.807) is 28.9 Å². The lowest BCUT2D eigenvalue weighted by atomic mass is 10.0. The summed E-state index contributed by atoms with van der Waals surface area (Å²) in [6.07, 6.45) is 1.39. The molecular weight excluding hydrogens is 408 g/mol. The van der Waals surface area contributed by atoms with Gasteiger partial charge >= 0.3 is 0 Å². The molecule has 2 aliphatic heterocycles. The lowest BCUT2D eigenvalue weighted by Crippen LogP contribution is -2.53. The number of carbonyl (C=O) groups excluding carboxylic acids is 4. The van der Waals surface area contributed by atoms with E-state index in [0.717, 1.165) is 5.69 Å². The average Bonchev–Trinajstić information content (AvgIpc) is 3.33. The lowest BCUT2D eigenvalue weighted by Gasteiger charge is -2.29. The van der Waals surface area contributed by atoms with E-state index < -0.39 is 12.1 Å². The summed E-state index contributed by atoms with van der Waals surface area (Å²) in [4.78, 5) is 56.4. The zero-order chi connectivity index (χ0) is 23.6. The highest BCUT2D eigenvalue weighted by Gasteiger charge is 2.51. The van der Waals surface area contributed by atoms with Crippen molar-refractivity contribution in [2.45, 2.75) is 58.2 Å². The van der Waals surface area contributed by atoms with Gasteiger partial charge in [0, 0.05) is 38.3 Å². The Bertz CT molecular complexity index is 880. The average molecular weight is 443 g/mol. The zero-order valence-electron chi connectivity index (χ0n) is 19.6. The fourth-order valence-corrected chi connectivity index (χ4v) is 4.64. The highest BCUT2D eigenvalue weighted by atomic mass is 16.2. The Kier molecular flexibility index (Phi) is 7.21. The molecular formula is C24H34N4O4. The Morgan fingerprint density at radius 2 is 1.78 bits per heavy atom. The van der Waals surface area contributed by atoms with Gasteiger partial charge in [-0.3, -0.25) is 19.2 Å². The van der Waals surface area contributed by atoms with E-state index in [0.29, 0.717) is 31.4 Å². The Balaban J connectivity index is 1.76. The molecule has 8 nitrogen and oxygen atoms in total. The van der Waals surface area contributed by atoms with Crippen molar-refractivity contribution in [3.05, 3.63) is 29.8 Å². The predicted octanol–water partition coefficient (Wildman–Crippen LogP) is 1.69. The van der Waals surface area contributed by atoms with Gasteiger partial charge in [0.2, 0.25) is 11.8 Å². The third-order valence-electron chi connectivity index (χ3n) is 6.28. The number of carbonyl (C=O) groups is 4. The van der Waals surface area contributed by atoms with Gasteiger partial charge in [0.1, 0.15) is 12.1 Å². The number of Topliss-reactive ketones (excluding diaryl/α,β-unsaturated/α-hetero) is 1. The number of hydrogen-bond donors (Lipinski definition) is 1. The Morgan fingerprint density at radius 1 is 1.12 bits per heavy atom. The van der Waals surface area contributed by atoms with Gasteiger partial charge in [-0.25, -0.2) is 0 Å². The molecule has 1 N–H and O–H groups in total. The van der Waals surface area contributed by atoms with Crippen LogP contribution in [0.25, 0.3) is 0 Å². The third-order valence-corrected chi connectivity index (χ3v) is 6.28. The number of likely N-dealkylation sites (tertiary alicyclic amines) is 2. The number of nitrogens with zero attached hydrogens (tertiary/aromatic N) is 3. The lowest BCUT2D eigenvalue weighted by molar-refractivity contribution is -0.138. The van der Waals surface area contributed by atoms with Gasteiger partial charge in [-0.2, -0.15) is 0 Å². The molecule has 2 aliphatic rings. The largest absolute Gasteiger partial charge is 0.378 e. The first-order chi connectivity index (χ1) is 15.1. The number of anilines is 1. The third kappa shape index (κ3) is 4.79. The molecule has 2 fully saturated rings. The van der Waals surface area contributed by atoms with Crippen LogP contribution in [-0.2, 0) is 14.4 Å². The molecule has 174 valence electrons. The molecule has 8 heteroatoms. The minimum absolute atomic E-state index is 0.0607. The van der Waals surface area contributed by atoms with Gasteiger partial charge in [0.15, 0.2) is 5.78 Å². The summed E-state index contributed by atoms with van der Waals surface area (Å²) >= 11 is 0. The van der Waals surface area contributed by atoms with Crippen molar-refractivity contribution in [1.82, 2.24) is 15.1 Å². The van der Waals surface area contributed by atoms with Crippen LogP contribution in [0.2, 0.25) is 0 Å². The highest BCUT2D eigenvalue weighted by Crippen LogP contribution is 2.31. The van der Waals surface area contributed by atoms with E-state index in [2.05, 4.69) is 5.32 Å². The summed E-state index contributed by atoms with van der Waals surface area (Å²) in [6, 6.07) is 5.60. The molecule has 3 rings (SSSR count). The van der Waals surface area contributed by atoms with Crippen LogP contribution in [0.4, 0.5) is 5.69 Å². The van der Waals surface area contributed by atoms with Crippen LogP contribution in [0.1, 0.15) is 50.4 Å². The molecule has 32 heavy (non-hydrogen) atoms. The fourth-order valence-electron chi connectivity index (χ4n) is 4.64. The molecule has 0 saturated carbocycles. The molecule has 0 aliphatic carbocycles. The minimum atomic E-state index is -0.724. The van der Waals surface area contributed by atoms with Crippen molar-refractivity contribution >= 4 is 29.2 Å². The molecule has 3 amide bonds. The number of fused-ring (bicyclic) bond motifs is 1. The minimum Gasteiger partial charge on any atom is -0.378 e. The van der Waals surface area contributed by atoms with Crippen molar-refractivity contribution in [2.75, 3.05) is 32.1 Å². The smallest absolute Gasteiger partial charge is 0.251 e. The second-order valence-electron chi connectivity index (χ2n) is 9.27. The molecule has 3 atom stereocenters. The van der Waals surface area contributed by atoms with Crippen LogP contribution >= 0.6 is 0 Å². The number of hydrogen-bond acceptors (Lipinski definition) is 5. The summed E-state index contributed by atoms with van der Waals surface area (Å²) in [5.74, 6) is -0.546. The van der Waals surface area contributed by atoms with Gasteiger partial charge in [-0.15, -0.1) is 0 Å². The van der Waals surface area contributed by atoms with Crippen molar-refractivity contribution < 1.29 is 19.2 Å². The van der Waals surface area contributed by atoms with Crippen LogP contribution in [0.3, 0.4) is 0 Å². The number of benzene rings is 1. The van der Waals surface area contributed by atoms with Gasteiger partial charge < -0.3 is 20.0 Å². The second kappa shape index (κ2) is 9.71. The van der Waals surface area contributed by atoms with E-state index in [9.17, 15) is 19.2 Å². The van der Waals surface area contributed by atoms with E-state index in [-0.39, 0.29) is 42.0 Å². The molecule has 2 heterocycles. The number of nitrogens with one attached hydrogen (secondary N) is 1. The first-order valence-corrected chi connectivity index (χ1v) is 11.3. The van der Waals surface area contributed by atoms with E-state index in [4.69, 9.17) is 0 Å². The van der Waals surface area contributed by atoms with Gasteiger partial charge in [0.25, 0.3) is 5.91 Å². The van der Waals surface area contributed by atoms with E-state index in [1.165, 1.54) is 0 Å². The Morgan fingerprint density at radius 3 is 2.34 bits per heavy atom.